The molecule has 2 nitrogen and oxygen atoms in total. The largest absolute Gasteiger partial charge is 0.313 e. The summed E-state index contributed by atoms with van der Waals surface area (Å²) in [6.45, 7) is 8.99. The zero-order valence-electron chi connectivity index (χ0n) is 13.2. The van der Waals surface area contributed by atoms with E-state index in [-0.39, 0.29) is 0 Å². The first-order chi connectivity index (χ1) is 9.83. The van der Waals surface area contributed by atoms with Crippen LogP contribution in [0.2, 0.25) is 0 Å². The van der Waals surface area contributed by atoms with E-state index < -0.39 is 0 Å². The van der Waals surface area contributed by atoms with Gasteiger partial charge < -0.3 is 5.32 Å². The Morgan fingerprint density at radius 1 is 1.05 bits per heavy atom. The number of nitrogens with zero attached hydrogens (tertiary/aromatic N) is 1. The molecule has 0 aliphatic heterocycles. The van der Waals surface area contributed by atoms with Gasteiger partial charge in [0.25, 0.3) is 0 Å². The minimum Gasteiger partial charge on any atom is -0.313 e. The Bertz CT molecular complexity index is 368. The minimum atomic E-state index is 0.868. The molecule has 0 radical (unpaired) electrons. The Balaban J connectivity index is 1.82. The minimum absolute atomic E-state index is 0.868. The maximum absolute atomic E-state index is 3.46. The number of benzene rings is 1. The molecule has 112 valence electrons. The second-order valence-electron chi connectivity index (χ2n) is 6.05. The molecule has 1 aromatic carbocycles. The van der Waals surface area contributed by atoms with Crippen LogP contribution >= 0.6 is 0 Å². The van der Waals surface area contributed by atoms with Crippen LogP contribution in [-0.4, -0.2) is 24.0 Å². The van der Waals surface area contributed by atoms with Gasteiger partial charge in [0.2, 0.25) is 0 Å². The maximum Gasteiger partial charge on any atom is 0.0236 e. The van der Waals surface area contributed by atoms with E-state index in [4.69, 9.17) is 0 Å². The molecule has 0 amide bonds. The first-order valence-corrected chi connectivity index (χ1v) is 8.36. The maximum atomic E-state index is 3.46. The van der Waals surface area contributed by atoms with Crippen molar-refractivity contribution in [3.05, 3.63) is 35.4 Å². The molecular formula is C18H30N2. The monoisotopic (exact) mass is 274 g/mol. The number of hydrogen-bond donors (Lipinski definition) is 1. The third-order valence-corrected chi connectivity index (χ3v) is 4.03. The lowest BCUT2D eigenvalue weighted by atomic mass is 10.1. The van der Waals surface area contributed by atoms with Crippen LogP contribution in [0, 0.1) is 0 Å². The Hall–Kier alpha value is -0.860. The summed E-state index contributed by atoms with van der Waals surface area (Å²) in [7, 11) is 0. The third-order valence-electron chi connectivity index (χ3n) is 4.03. The molecule has 1 fully saturated rings. The van der Waals surface area contributed by atoms with Crippen molar-refractivity contribution in [2.45, 2.75) is 65.1 Å². The topological polar surface area (TPSA) is 15.3 Å². The fraction of sp³-hybridized carbons (Fsp3) is 0.667. The smallest absolute Gasteiger partial charge is 0.0236 e. The van der Waals surface area contributed by atoms with Crippen LogP contribution in [0.3, 0.4) is 0 Å². The van der Waals surface area contributed by atoms with Crippen molar-refractivity contribution < 1.29 is 0 Å². The van der Waals surface area contributed by atoms with Crippen LogP contribution in [-0.2, 0) is 13.1 Å². The summed E-state index contributed by atoms with van der Waals surface area (Å²) in [6.07, 6.45) is 6.64. The van der Waals surface area contributed by atoms with E-state index >= 15 is 0 Å². The van der Waals surface area contributed by atoms with Crippen molar-refractivity contribution in [3.8, 4) is 0 Å². The first-order valence-electron chi connectivity index (χ1n) is 8.36. The van der Waals surface area contributed by atoms with Gasteiger partial charge in [0, 0.05) is 19.1 Å². The Morgan fingerprint density at radius 3 is 2.35 bits per heavy atom. The highest BCUT2D eigenvalue weighted by Crippen LogP contribution is 2.28. The van der Waals surface area contributed by atoms with Crippen LogP contribution in [0.1, 0.15) is 57.1 Å². The lowest BCUT2D eigenvalue weighted by molar-refractivity contribution is 0.250. The second-order valence-corrected chi connectivity index (χ2v) is 6.05. The summed E-state index contributed by atoms with van der Waals surface area (Å²) >= 11 is 0. The molecule has 0 bridgehead atoms. The molecule has 0 saturated heterocycles. The normalized spacial score (nSPS) is 14.9. The van der Waals surface area contributed by atoms with Gasteiger partial charge >= 0.3 is 0 Å². The van der Waals surface area contributed by atoms with E-state index in [1.54, 1.807) is 0 Å². The third kappa shape index (κ3) is 5.26. The summed E-state index contributed by atoms with van der Waals surface area (Å²) in [4.78, 5) is 2.67. The van der Waals surface area contributed by atoms with Crippen molar-refractivity contribution in [3.63, 3.8) is 0 Å². The SMILES string of the molecule is CCCCN(Cc1ccc(CNCCC)cc1)C1CC1. The van der Waals surface area contributed by atoms with Gasteiger partial charge in [0.1, 0.15) is 0 Å². The Labute approximate surface area is 124 Å². The molecule has 0 heterocycles. The van der Waals surface area contributed by atoms with Crippen molar-refractivity contribution in [1.29, 1.82) is 0 Å². The van der Waals surface area contributed by atoms with Crippen LogP contribution in [0.15, 0.2) is 24.3 Å². The number of unbranched alkanes of at least 4 members (excludes halogenated alkanes) is 1. The quantitative estimate of drug-likeness (QED) is 0.650. The van der Waals surface area contributed by atoms with E-state index in [1.807, 2.05) is 0 Å². The van der Waals surface area contributed by atoms with Gasteiger partial charge in [0.15, 0.2) is 0 Å². The number of hydrogen-bond acceptors (Lipinski definition) is 2. The number of rotatable bonds is 10. The molecule has 0 atom stereocenters. The average Bonchev–Trinajstić information content (AvgIpc) is 3.30. The Kier molecular flexibility index (Phi) is 6.55. The predicted molar refractivity (Wildman–Crippen MR) is 86.8 cm³/mol. The molecule has 0 spiro atoms. The molecule has 1 saturated carbocycles. The van der Waals surface area contributed by atoms with Gasteiger partial charge in [-0.2, -0.15) is 0 Å². The molecule has 1 N–H and O–H groups in total. The molecule has 0 aromatic heterocycles. The molecule has 1 aromatic rings. The lowest BCUT2D eigenvalue weighted by Crippen LogP contribution is -2.26. The van der Waals surface area contributed by atoms with Crippen molar-refractivity contribution >= 4 is 0 Å². The van der Waals surface area contributed by atoms with Gasteiger partial charge in [-0.3, -0.25) is 4.90 Å². The highest BCUT2D eigenvalue weighted by atomic mass is 15.2. The highest BCUT2D eigenvalue weighted by molar-refractivity contribution is 5.22. The van der Waals surface area contributed by atoms with E-state index in [2.05, 4.69) is 48.3 Å². The standard InChI is InChI=1S/C18H30N2/c1-3-5-13-20(18-10-11-18)15-17-8-6-16(7-9-17)14-19-12-4-2/h6-9,18-19H,3-5,10-15H2,1-2H3. The van der Waals surface area contributed by atoms with Crippen LogP contribution < -0.4 is 5.32 Å². The van der Waals surface area contributed by atoms with Crippen molar-refractivity contribution in [1.82, 2.24) is 10.2 Å². The fourth-order valence-electron chi connectivity index (χ4n) is 2.60. The summed E-state index contributed by atoms with van der Waals surface area (Å²) in [5.41, 5.74) is 2.86. The van der Waals surface area contributed by atoms with Crippen LogP contribution in [0.25, 0.3) is 0 Å². The second kappa shape index (κ2) is 8.43. The molecule has 20 heavy (non-hydrogen) atoms. The molecular weight excluding hydrogens is 244 g/mol. The lowest BCUT2D eigenvalue weighted by Gasteiger charge is -2.22. The van der Waals surface area contributed by atoms with Gasteiger partial charge in [-0.05, 0) is 49.9 Å². The predicted octanol–water partition coefficient (Wildman–Crippen LogP) is 3.95. The van der Waals surface area contributed by atoms with Gasteiger partial charge in [-0.1, -0.05) is 44.5 Å². The van der Waals surface area contributed by atoms with E-state index in [9.17, 15) is 0 Å². The summed E-state index contributed by atoms with van der Waals surface area (Å²) < 4.78 is 0. The number of nitrogens with one attached hydrogen (secondary N) is 1. The van der Waals surface area contributed by atoms with Crippen LogP contribution in [0.5, 0.6) is 0 Å². The summed E-state index contributed by atoms with van der Waals surface area (Å²) in [5.74, 6) is 0. The van der Waals surface area contributed by atoms with Crippen LogP contribution in [0.4, 0.5) is 0 Å². The Morgan fingerprint density at radius 2 is 1.75 bits per heavy atom. The zero-order chi connectivity index (χ0) is 14.2. The molecule has 1 aliphatic rings. The van der Waals surface area contributed by atoms with Crippen molar-refractivity contribution in [2.24, 2.45) is 0 Å². The fourth-order valence-corrected chi connectivity index (χ4v) is 2.60. The molecule has 2 heteroatoms. The van der Waals surface area contributed by atoms with Crippen molar-refractivity contribution in [2.75, 3.05) is 13.1 Å². The first kappa shape index (κ1) is 15.5. The van der Waals surface area contributed by atoms with E-state index in [0.29, 0.717) is 0 Å². The van der Waals surface area contributed by atoms with Gasteiger partial charge in [0.05, 0.1) is 0 Å². The van der Waals surface area contributed by atoms with Gasteiger partial charge in [-0.15, -0.1) is 0 Å². The summed E-state index contributed by atoms with van der Waals surface area (Å²) in [6, 6.07) is 10.0. The van der Waals surface area contributed by atoms with Gasteiger partial charge in [-0.25, -0.2) is 0 Å². The molecule has 1 aliphatic carbocycles. The van der Waals surface area contributed by atoms with E-state index in [1.165, 1.54) is 49.8 Å². The molecule has 0 unspecified atom stereocenters. The van der Waals surface area contributed by atoms with E-state index in [0.717, 1.165) is 25.7 Å². The molecule has 2 rings (SSSR count). The zero-order valence-corrected chi connectivity index (χ0v) is 13.2. The summed E-state index contributed by atoms with van der Waals surface area (Å²) in [5, 5.41) is 3.46. The highest BCUT2D eigenvalue weighted by Gasteiger charge is 2.28. The average molecular weight is 274 g/mol.